The maximum Gasteiger partial charge on any atom is 0.482 e. The van der Waals surface area contributed by atoms with Crippen LogP contribution in [0.1, 0.15) is 70.4 Å². The van der Waals surface area contributed by atoms with Crippen LogP contribution in [0.3, 0.4) is 0 Å². The fourth-order valence-corrected chi connectivity index (χ4v) is 7.23. The highest BCUT2D eigenvalue weighted by Crippen LogP contribution is 2.65. The summed E-state index contributed by atoms with van der Waals surface area (Å²) in [5.74, 6) is 0.642. The van der Waals surface area contributed by atoms with E-state index < -0.39 is 25.2 Å². The van der Waals surface area contributed by atoms with Crippen molar-refractivity contribution in [2.45, 2.75) is 96.3 Å². The minimum Gasteiger partial charge on any atom is -0.465 e. The Bertz CT molecular complexity index is 1000. The first-order valence-corrected chi connectivity index (χ1v) is 13.9. The molecule has 1 unspecified atom stereocenters. The van der Waals surface area contributed by atoms with E-state index in [4.69, 9.17) is 14.0 Å². The number of amides is 2. The van der Waals surface area contributed by atoms with Gasteiger partial charge in [-0.15, -0.1) is 0 Å². The normalized spacial score (nSPS) is 33.1. The summed E-state index contributed by atoms with van der Waals surface area (Å²) in [6, 6.07) is 7.93. The third kappa shape index (κ3) is 5.09. The Morgan fingerprint density at radius 2 is 1.95 bits per heavy atom. The lowest BCUT2D eigenvalue weighted by atomic mass is 9.43. The summed E-state index contributed by atoms with van der Waals surface area (Å²) in [5.41, 5.74) is 2.11. The molecule has 3 saturated carbocycles. The van der Waals surface area contributed by atoms with Crippen LogP contribution in [-0.4, -0.2) is 66.2 Å². The maximum atomic E-state index is 13.0. The van der Waals surface area contributed by atoms with Crippen molar-refractivity contribution < 1.29 is 28.7 Å². The van der Waals surface area contributed by atoms with Crippen LogP contribution >= 0.6 is 0 Å². The van der Waals surface area contributed by atoms with E-state index in [2.05, 4.69) is 50.4 Å². The number of ether oxygens (including phenoxy) is 1. The van der Waals surface area contributed by atoms with Gasteiger partial charge in [-0.3, -0.25) is 0 Å². The van der Waals surface area contributed by atoms with Crippen LogP contribution in [0.2, 0.25) is 0 Å². The molecule has 0 spiro atoms. The fourth-order valence-electron chi connectivity index (χ4n) is 7.23. The molecule has 202 valence electrons. The minimum absolute atomic E-state index is 0.0164. The standard InChI is InChI=1S/C28H41BN2O6/c1-18-9-11-19(12-10-18)14-24(29-36-23-16-20-15-22(27(20,2)3)28(23,4)37-29)30-25(32)35-17-21-8-6-5-7-13-31(21)26(33)34/h9-12,20-24H,5-8,13-17H2,1-4H3,(H,30,32)(H,33,34)/t20-,21-,22-,23+,24?,28-/m0/s1. The van der Waals surface area contributed by atoms with Crippen LogP contribution in [0.15, 0.2) is 24.3 Å². The highest BCUT2D eigenvalue weighted by Gasteiger charge is 2.68. The zero-order valence-corrected chi connectivity index (χ0v) is 22.6. The van der Waals surface area contributed by atoms with Crippen LogP contribution in [0.25, 0.3) is 0 Å². The van der Waals surface area contributed by atoms with Gasteiger partial charge in [0.2, 0.25) is 0 Å². The number of rotatable bonds is 6. The number of hydrogen-bond acceptors (Lipinski definition) is 5. The molecule has 2 aliphatic heterocycles. The van der Waals surface area contributed by atoms with Gasteiger partial charge in [-0.1, -0.05) is 56.5 Å². The average Bonchev–Trinajstić information content (AvgIpc) is 3.03. The predicted octanol–water partition coefficient (Wildman–Crippen LogP) is 4.82. The van der Waals surface area contributed by atoms with E-state index in [1.165, 1.54) is 10.5 Å². The van der Waals surface area contributed by atoms with Gasteiger partial charge in [-0.05, 0) is 68.8 Å². The summed E-state index contributed by atoms with van der Waals surface area (Å²) in [6.07, 6.45) is 4.62. The van der Waals surface area contributed by atoms with Gasteiger partial charge in [0, 0.05) is 6.54 Å². The van der Waals surface area contributed by atoms with Crippen molar-refractivity contribution in [3.8, 4) is 0 Å². The summed E-state index contributed by atoms with van der Waals surface area (Å²) in [6.45, 7) is 9.40. The van der Waals surface area contributed by atoms with Crippen LogP contribution in [0.4, 0.5) is 9.59 Å². The zero-order chi connectivity index (χ0) is 26.4. The van der Waals surface area contributed by atoms with Crippen LogP contribution in [0, 0.1) is 24.2 Å². The molecule has 8 nitrogen and oxygen atoms in total. The van der Waals surface area contributed by atoms with Crippen molar-refractivity contribution >= 4 is 19.3 Å². The van der Waals surface area contributed by atoms with Gasteiger partial charge in [0.15, 0.2) is 0 Å². The van der Waals surface area contributed by atoms with Crippen LogP contribution in [0.5, 0.6) is 0 Å². The molecule has 0 aromatic heterocycles. The second kappa shape index (κ2) is 10.1. The van der Waals surface area contributed by atoms with Gasteiger partial charge in [0.1, 0.15) is 6.61 Å². The largest absolute Gasteiger partial charge is 0.482 e. The number of alkyl carbamates (subject to hydrolysis) is 1. The van der Waals surface area contributed by atoms with Gasteiger partial charge in [-0.2, -0.15) is 0 Å². The molecule has 6 atom stereocenters. The number of aryl methyl sites for hydroxylation is 1. The highest BCUT2D eigenvalue weighted by atomic mass is 16.7. The SMILES string of the molecule is Cc1ccc(CC(NC(=O)OC[C@@H]2CCCCCN2C(=O)O)B2O[C@@H]3C[C@@H]4C[C@@H](C4(C)C)[C@]3(C)O2)cc1. The average molecular weight is 512 g/mol. The minimum atomic E-state index is -0.960. The van der Waals surface area contributed by atoms with Gasteiger partial charge in [0.25, 0.3) is 0 Å². The fraction of sp³-hybridized carbons (Fsp3) is 0.714. The van der Waals surface area contributed by atoms with E-state index in [-0.39, 0.29) is 29.8 Å². The Morgan fingerprint density at radius 3 is 2.65 bits per heavy atom. The van der Waals surface area contributed by atoms with Crippen molar-refractivity contribution in [2.24, 2.45) is 17.3 Å². The molecule has 5 fully saturated rings. The topological polar surface area (TPSA) is 97.3 Å². The summed E-state index contributed by atoms with van der Waals surface area (Å²) in [4.78, 5) is 26.1. The molecule has 3 aliphatic carbocycles. The van der Waals surface area contributed by atoms with E-state index in [1.54, 1.807) is 0 Å². The van der Waals surface area contributed by atoms with E-state index in [0.29, 0.717) is 31.2 Å². The molecule has 0 radical (unpaired) electrons. The quantitative estimate of drug-likeness (QED) is 0.531. The van der Waals surface area contributed by atoms with Crippen LogP contribution < -0.4 is 5.32 Å². The monoisotopic (exact) mass is 512 g/mol. The second-order valence-corrected chi connectivity index (χ2v) is 12.4. The number of benzene rings is 1. The number of nitrogens with zero attached hydrogens (tertiary/aromatic N) is 1. The Hall–Kier alpha value is -2.26. The van der Waals surface area contributed by atoms with E-state index >= 15 is 0 Å². The number of likely N-dealkylation sites (tertiary alicyclic amines) is 1. The summed E-state index contributed by atoms with van der Waals surface area (Å²) >= 11 is 0. The van der Waals surface area contributed by atoms with Crippen molar-refractivity contribution in [2.75, 3.05) is 13.2 Å². The molecule has 2 saturated heterocycles. The summed E-state index contributed by atoms with van der Waals surface area (Å²) in [7, 11) is -0.576. The number of carbonyl (C=O) groups excluding carboxylic acids is 1. The van der Waals surface area contributed by atoms with Crippen molar-refractivity contribution in [3.05, 3.63) is 35.4 Å². The number of carbonyl (C=O) groups is 2. The second-order valence-electron chi connectivity index (χ2n) is 12.4. The summed E-state index contributed by atoms with van der Waals surface area (Å²) < 4.78 is 18.8. The third-order valence-corrected chi connectivity index (χ3v) is 9.71. The number of hydrogen-bond donors (Lipinski definition) is 2. The first-order chi connectivity index (χ1) is 17.6. The van der Waals surface area contributed by atoms with Crippen molar-refractivity contribution in [1.82, 2.24) is 10.2 Å². The maximum absolute atomic E-state index is 13.0. The molecule has 9 heteroatoms. The third-order valence-electron chi connectivity index (χ3n) is 9.71. The van der Waals surface area contributed by atoms with Crippen molar-refractivity contribution in [3.63, 3.8) is 0 Å². The number of nitrogens with one attached hydrogen (secondary N) is 1. The molecule has 2 N–H and O–H groups in total. The van der Waals surface area contributed by atoms with E-state index in [9.17, 15) is 14.7 Å². The Balaban J connectivity index is 1.28. The molecule has 2 amide bonds. The molecule has 1 aromatic rings. The molecule has 2 bridgehead atoms. The molecular formula is C28H41BN2O6. The number of carboxylic acid groups (broad SMARTS) is 1. The molecular weight excluding hydrogens is 471 g/mol. The Kier molecular flexibility index (Phi) is 7.22. The molecule has 1 aromatic carbocycles. The van der Waals surface area contributed by atoms with Gasteiger partial charge in [-0.25, -0.2) is 9.59 Å². The van der Waals surface area contributed by atoms with Gasteiger partial charge in [0.05, 0.1) is 23.7 Å². The lowest BCUT2D eigenvalue weighted by molar-refractivity contribution is -0.199. The molecule has 2 heterocycles. The van der Waals surface area contributed by atoms with Crippen LogP contribution in [-0.2, 0) is 20.5 Å². The lowest BCUT2D eigenvalue weighted by Gasteiger charge is -2.64. The molecule has 5 aliphatic rings. The predicted molar refractivity (Wildman–Crippen MR) is 140 cm³/mol. The Labute approximate surface area is 220 Å². The van der Waals surface area contributed by atoms with Crippen molar-refractivity contribution in [1.29, 1.82) is 0 Å². The van der Waals surface area contributed by atoms with E-state index in [1.807, 2.05) is 6.92 Å². The molecule has 6 rings (SSSR count). The first kappa shape index (κ1) is 26.4. The zero-order valence-electron chi connectivity index (χ0n) is 22.6. The van der Waals surface area contributed by atoms with Gasteiger partial charge < -0.3 is 29.4 Å². The lowest BCUT2D eigenvalue weighted by Crippen LogP contribution is -2.65. The Morgan fingerprint density at radius 1 is 1.19 bits per heavy atom. The highest BCUT2D eigenvalue weighted by molar-refractivity contribution is 6.47. The van der Waals surface area contributed by atoms with Gasteiger partial charge >= 0.3 is 19.3 Å². The summed E-state index contributed by atoms with van der Waals surface area (Å²) in [5, 5.41) is 12.6. The first-order valence-electron chi connectivity index (χ1n) is 13.9. The molecule has 37 heavy (non-hydrogen) atoms. The smallest absolute Gasteiger partial charge is 0.465 e. The van der Waals surface area contributed by atoms with E-state index in [0.717, 1.165) is 37.7 Å².